The summed E-state index contributed by atoms with van der Waals surface area (Å²) in [6.45, 7) is 4.26. The van der Waals surface area contributed by atoms with Gasteiger partial charge in [0.25, 0.3) is 0 Å². The first-order chi connectivity index (χ1) is 38.5. The lowest BCUT2D eigenvalue weighted by Gasteiger charge is -2.24. The van der Waals surface area contributed by atoms with E-state index >= 15 is 0 Å². The molecule has 0 heterocycles. The predicted octanol–water partition coefficient (Wildman–Crippen LogP) is 19.9. The molecule has 0 spiro atoms. The zero-order chi connectivity index (χ0) is 57.7. The molecule has 0 aliphatic carbocycles. The number of esters is 2. The van der Waals surface area contributed by atoms with Crippen LogP contribution in [-0.2, 0) is 32.7 Å². The van der Waals surface area contributed by atoms with Crippen molar-refractivity contribution in [3.63, 3.8) is 0 Å². The molecular formula is C69H115NO8P+. The van der Waals surface area contributed by atoms with Crippen LogP contribution in [0.1, 0.15) is 226 Å². The number of phosphoric acid groups is 1. The maximum Gasteiger partial charge on any atom is 0.472 e. The van der Waals surface area contributed by atoms with E-state index in [9.17, 15) is 19.0 Å². The molecule has 1 N–H and O–H groups in total. The van der Waals surface area contributed by atoms with Crippen LogP contribution in [-0.4, -0.2) is 74.9 Å². The molecule has 0 aromatic heterocycles. The van der Waals surface area contributed by atoms with Crippen LogP contribution in [0.4, 0.5) is 0 Å². The fraction of sp³-hybridized carbons (Fsp3) is 0.623. The van der Waals surface area contributed by atoms with Crippen LogP contribution >= 0.6 is 7.82 Å². The molecule has 10 heteroatoms. The van der Waals surface area contributed by atoms with Gasteiger partial charge in [-0.2, -0.15) is 0 Å². The molecule has 0 aliphatic rings. The van der Waals surface area contributed by atoms with Gasteiger partial charge in [-0.3, -0.25) is 18.6 Å². The summed E-state index contributed by atoms with van der Waals surface area (Å²) < 4.78 is 34.5. The fourth-order valence-corrected chi connectivity index (χ4v) is 8.62. The minimum atomic E-state index is -4.41. The monoisotopic (exact) mass is 1120 g/mol. The van der Waals surface area contributed by atoms with Crippen LogP contribution in [0.3, 0.4) is 0 Å². The second kappa shape index (κ2) is 58.5. The Balaban J connectivity index is 4.23. The van der Waals surface area contributed by atoms with Gasteiger partial charge in [0.15, 0.2) is 6.10 Å². The second-order valence-electron chi connectivity index (χ2n) is 21.4. The van der Waals surface area contributed by atoms with Gasteiger partial charge in [0.2, 0.25) is 0 Å². The van der Waals surface area contributed by atoms with E-state index in [0.29, 0.717) is 17.4 Å². The number of allylic oxidation sites excluding steroid dienone is 24. The van der Waals surface area contributed by atoms with Gasteiger partial charge in [-0.05, 0) is 103 Å². The maximum atomic E-state index is 12.8. The summed E-state index contributed by atoms with van der Waals surface area (Å²) in [5.74, 6) is -0.854. The number of hydrogen-bond acceptors (Lipinski definition) is 7. The summed E-state index contributed by atoms with van der Waals surface area (Å²) in [6, 6.07) is 0. The van der Waals surface area contributed by atoms with Gasteiger partial charge in [0, 0.05) is 12.8 Å². The highest BCUT2D eigenvalue weighted by Crippen LogP contribution is 2.43. The molecule has 0 aromatic carbocycles. The van der Waals surface area contributed by atoms with Crippen molar-refractivity contribution in [2.75, 3.05) is 47.5 Å². The van der Waals surface area contributed by atoms with Crippen LogP contribution in [0.15, 0.2) is 146 Å². The normalized spacial score (nSPS) is 14.3. The molecule has 0 aromatic rings. The SMILES string of the molecule is CC/C=C\C/C=C\C/C=C\C/C=C\C/C=C\C/C=C\C/C=C\C/C=C\C/C=C\C/C=C\C/C=C\C/C=C\CCCCC(=O)OC(COC(=O)CCCCCCCCCCCCCCCCCC)COP(=O)(O)OCC[N+](C)(C)C. The zero-order valence-electron chi connectivity index (χ0n) is 50.8. The van der Waals surface area contributed by atoms with Crippen LogP contribution < -0.4 is 0 Å². The average Bonchev–Trinajstić information content (AvgIpc) is 3.41. The van der Waals surface area contributed by atoms with Crippen LogP contribution in [0.2, 0.25) is 0 Å². The summed E-state index contributed by atoms with van der Waals surface area (Å²) in [7, 11) is 1.43. The van der Waals surface area contributed by atoms with E-state index in [2.05, 4.69) is 160 Å². The molecule has 0 saturated heterocycles. The standard InChI is InChI=1S/C69H114NO8P/c1-6-8-10-12-14-16-18-20-22-24-25-26-27-28-29-30-31-32-33-34-35-36-37-38-39-40-41-42-43-44-45-46-48-50-52-54-56-58-60-62-69(72)78-67(66-77-79(73,74)76-64-63-70(3,4)5)65-75-68(71)61-59-57-55-53-51-49-47-23-21-19-17-15-13-11-9-7-2/h8,10,14,16,20,22,25-26,28-29,31-32,34-35,37-38,40-41,43-44,46,48,52,54,67H,6-7,9,11-13,15,17-19,21,23-24,27,30,33,36,39,42,45,47,49-51,53,55-66H2,1-5H3/p+1/b10-8-,16-14-,22-20-,26-25-,29-28-,32-31-,35-34-,38-37-,41-40-,44-43-,48-46-,54-52-. The highest BCUT2D eigenvalue weighted by Gasteiger charge is 2.27. The zero-order valence-corrected chi connectivity index (χ0v) is 51.7. The molecule has 448 valence electrons. The van der Waals surface area contributed by atoms with E-state index in [1.165, 1.54) is 83.5 Å². The van der Waals surface area contributed by atoms with Crippen molar-refractivity contribution in [3.8, 4) is 0 Å². The lowest BCUT2D eigenvalue weighted by Crippen LogP contribution is -2.37. The first kappa shape index (κ1) is 74.9. The highest BCUT2D eigenvalue weighted by molar-refractivity contribution is 7.47. The third-order valence-corrected chi connectivity index (χ3v) is 13.6. The lowest BCUT2D eigenvalue weighted by atomic mass is 10.0. The van der Waals surface area contributed by atoms with Crippen molar-refractivity contribution in [2.24, 2.45) is 0 Å². The molecule has 0 fully saturated rings. The third kappa shape index (κ3) is 62.9. The lowest BCUT2D eigenvalue weighted by molar-refractivity contribution is -0.870. The predicted molar refractivity (Wildman–Crippen MR) is 339 cm³/mol. The number of carbonyl (C=O) groups excluding carboxylic acids is 2. The van der Waals surface area contributed by atoms with E-state index in [0.717, 1.165) is 109 Å². The molecule has 0 bridgehead atoms. The molecule has 2 atom stereocenters. The number of likely N-dealkylation sites (N-methyl/N-ethyl adjacent to an activating group) is 1. The van der Waals surface area contributed by atoms with Crippen LogP contribution in [0.5, 0.6) is 0 Å². The largest absolute Gasteiger partial charge is 0.472 e. The molecule has 0 aliphatic heterocycles. The summed E-state index contributed by atoms with van der Waals surface area (Å²) in [5.41, 5.74) is 0. The Morgan fingerprint density at radius 3 is 1.08 bits per heavy atom. The minimum absolute atomic E-state index is 0.0168. The Kier molecular flexibility index (Phi) is 55.5. The number of ether oxygens (including phenoxy) is 2. The van der Waals surface area contributed by atoms with Gasteiger partial charge >= 0.3 is 19.8 Å². The van der Waals surface area contributed by atoms with Gasteiger partial charge in [-0.1, -0.05) is 256 Å². The number of carbonyl (C=O) groups is 2. The molecule has 0 radical (unpaired) electrons. The van der Waals surface area contributed by atoms with Crippen molar-refractivity contribution in [2.45, 2.75) is 232 Å². The summed E-state index contributed by atoms with van der Waals surface area (Å²) in [5, 5.41) is 0. The summed E-state index contributed by atoms with van der Waals surface area (Å²) >= 11 is 0. The van der Waals surface area contributed by atoms with Crippen LogP contribution in [0, 0.1) is 0 Å². The Morgan fingerprint density at radius 1 is 0.405 bits per heavy atom. The van der Waals surface area contributed by atoms with E-state index in [4.69, 9.17) is 18.5 Å². The van der Waals surface area contributed by atoms with Gasteiger partial charge in [0.05, 0.1) is 27.7 Å². The number of phosphoric ester groups is 1. The number of nitrogens with zero attached hydrogens (tertiary/aromatic N) is 1. The number of unbranched alkanes of at least 4 members (excludes halogenated alkanes) is 17. The van der Waals surface area contributed by atoms with Crippen molar-refractivity contribution >= 4 is 19.8 Å². The smallest absolute Gasteiger partial charge is 0.462 e. The molecule has 79 heavy (non-hydrogen) atoms. The Labute approximate surface area is 484 Å². The van der Waals surface area contributed by atoms with E-state index in [-0.39, 0.29) is 32.0 Å². The molecule has 0 saturated carbocycles. The molecule has 0 amide bonds. The quantitative estimate of drug-likeness (QED) is 0.0211. The van der Waals surface area contributed by atoms with E-state index in [1.807, 2.05) is 21.1 Å². The fourth-order valence-electron chi connectivity index (χ4n) is 7.88. The van der Waals surface area contributed by atoms with Crippen molar-refractivity contribution in [1.29, 1.82) is 0 Å². The molecular weight excluding hydrogens is 1000 g/mol. The molecule has 9 nitrogen and oxygen atoms in total. The number of hydrogen-bond donors (Lipinski definition) is 1. The Morgan fingerprint density at radius 2 is 0.722 bits per heavy atom. The average molecular weight is 1120 g/mol. The van der Waals surface area contributed by atoms with Gasteiger partial charge in [0.1, 0.15) is 19.8 Å². The van der Waals surface area contributed by atoms with Crippen molar-refractivity contribution in [1.82, 2.24) is 0 Å². The third-order valence-electron chi connectivity index (χ3n) is 12.6. The molecule has 0 rings (SSSR count). The topological polar surface area (TPSA) is 108 Å². The maximum absolute atomic E-state index is 12.8. The van der Waals surface area contributed by atoms with Gasteiger partial charge in [-0.25, -0.2) is 4.57 Å². The van der Waals surface area contributed by atoms with Crippen molar-refractivity contribution < 1.29 is 42.1 Å². The first-order valence-electron chi connectivity index (χ1n) is 31.1. The van der Waals surface area contributed by atoms with Gasteiger partial charge in [-0.15, -0.1) is 0 Å². The van der Waals surface area contributed by atoms with Crippen molar-refractivity contribution in [3.05, 3.63) is 146 Å². The number of quaternary nitrogens is 1. The Hall–Kier alpha value is -4.11. The number of rotatable bonds is 55. The Bertz CT molecular complexity index is 1840. The highest BCUT2D eigenvalue weighted by atomic mass is 31.2. The van der Waals surface area contributed by atoms with E-state index in [1.54, 1.807) is 0 Å². The first-order valence-corrected chi connectivity index (χ1v) is 32.6. The summed E-state index contributed by atoms with van der Waals surface area (Å²) in [4.78, 5) is 35.7. The molecule has 2 unspecified atom stereocenters. The second-order valence-corrected chi connectivity index (χ2v) is 22.8. The minimum Gasteiger partial charge on any atom is -0.462 e. The summed E-state index contributed by atoms with van der Waals surface area (Å²) in [6.07, 6.45) is 86.5. The van der Waals surface area contributed by atoms with Gasteiger partial charge < -0.3 is 18.9 Å². The van der Waals surface area contributed by atoms with Crippen LogP contribution in [0.25, 0.3) is 0 Å². The van der Waals surface area contributed by atoms with E-state index < -0.39 is 26.5 Å².